The van der Waals surface area contributed by atoms with Gasteiger partial charge in [-0.2, -0.15) is 0 Å². The fourth-order valence-corrected chi connectivity index (χ4v) is 2.87. The normalized spacial score (nSPS) is 20.3. The molecular weight excluding hydrogens is 312 g/mol. The zero-order valence-electron chi connectivity index (χ0n) is 13.8. The lowest BCUT2D eigenvalue weighted by Gasteiger charge is -2.35. The van der Waals surface area contributed by atoms with Crippen molar-refractivity contribution in [1.82, 2.24) is 10.2 Å². The van der Waals surface area contributed by atoms with E-state index in [0.29, 0.717) is 30.8 Å². The molecule has 1 fully saturated rings. The number of hydrogen-bond acceptors (Lipinski definition) is 4. The van der Waals surface area contributed by atoms with Crippen molar-refractivity contribution in [2.45, 2.75) is 13.3 Å². The van der Waals surface area contributed by atoms with Crippen LogP contribution in [0, 0.1) is 11.8 Å². The summed E-state index contributed by atoms with van der Waals surface area (Å²) in [6.07, 6.45) is 0.437. The maximum Gasteiger partial charge on any atom is 0.306 e. The first kappa shape index (κ1) is 17.8. The largest absolute Gasteiger partial charge is 0.497 e. The molecule has 0 spiro atoms. The fourth-order valence-electron chi connectivity index (χ4n) is 2.87. The number of nitrogens with one attached hydrogen (secondary N) is 1. The highest BCUT2D eigenvalue weighted by Gasteiger charge is 2.32. The van der Waals surface area contributed by atoms with Crippen LogP contribution in [0.2, 0.25) is 0 Å². The molecule has 0 radical (unpaired) electrons. The zero-order chi connectivity index (χ0) is 17.7. The summed E-state index contributed by atoms with van der Waals surface area (Å²) in [7, 11) is 1.52. The van der Waals surface area contributed by atoms with Crippen molar-refractivity contribution >= 4 is 17.8 Å². The summed E-state index contributed by atoms with van der Waals surface area (Å²) >= 11 is 0. The molecule has 24 heavy (non-hydrogen) atoms. The summed E-state index contributed by atoms with van der Waals surface area (Å²) in [5, 5.41) is 11.7. The maximum absolute atomic E-state index is 12.2. The molecule has 1 aliphatic rings. The second-order valence-corrected chi connectivity index (χ2v) is 5.97. The van der Waals surface area contributed by atoms with Gasteiger partial charge < -0.3 is 20.1 Å². The van der Waals surface area contributed by atoms with Crippen LogP contribution in [0.15, 0.2) is 24.3 Å². The zero-order valence-corrected chi connectivity index (χ0v) is 13.8. The van der Waals surface area contributed by atoms with Crippen LogP contribution in [0.5, 0.6) is 5.75 Å². The van der Waals surface area contributed by atoms with Crippen LogP contribution in [0.4, 0.5) is 0 Å². The van der Waals surface area contributed by atoms with Crippen LogP contribution in [0.1, 0.15) is 23.7 Å². The van der Waals surface area contributed by atoms with Gasteiger partial charge in [0.05, 0.1) is 19.6 Å². The molecule has 2 N–H and O–H groups in total. The van der Waals surface area contributed by atoms with Crippen molar-refractivity contribution in [3.8, 4) is 5.75 Å². The Hall–Kier alpha value is -2.57. The molecule has 7 nitrogen and oxygen atoms in total. The summed E-state index contributed by atoms with van der Waals surface area (Å²) in [6.45, 7) is 2.51. The Morgan fingerprint density at radius 1 is 1.38 bits per heavy atom. The fraction of sp³-hybridized carbons (Fsp3) is 0.471. The second-order valence-electron chi connectivity index (χ2n) is 5.97. The van der Waals surface area contributed by atoms with Gasteiger partial charge >= 0.3 is 5.97 Å². The van der Waals surface area contributed by atoms with Gasteiger partial charge in [0, 0.05) is 18.7 Å². The van der Waals surface area contributed by atoms with Gasteiger partial charge in [-0.05, 0) is 30.5 Å². The molecule has 0 bridgehead atoms. The Morgan fingerprint density at radius 3 is 2.75 bits per heavy atom. The number of hydrogen-bond donors (Lipinski definition) is 2. The third-order valence-electron chi connectivity index (χ3n) is 4.31. The number of ether oxygens (including phenoxy) is 1. The summed E-state index contributed by atoms with van der Waals surface area (Å²) in [5.74, 6) is -1.33. The van der Waals surface area contributed by atoms with E-state index in [1.54, 1.807) is 29.2 Å². The summed E-state index contributed by atoms with van der Waals surface area (Å²) in [5.41, 5.74) is 0.417. The van der Waals surface area contributed by atoms with Crippen LogP contribution in [0.3, 0.4) is 0 Å². The van der Waals surface area contributed by atoms with E-state index in [-0.39, 0.29) is 24.3 Å². The van der Waals surface area contributed by atoms with Crippen molar-refractivity contribution < 1.29 is 24.2 Å². The van der Waals surface area contributed by atoms with E-state index < -0.39 is 11.9 Å². The van der Waals surface area contributed by atoms with Gasteiger partial charge in [-0.15, -0.1) is 0 Å². The van der Waals surface area contributed by atoms with E-state index in [9.17, 15) is 14.4 Å². The summed E-state index contributed by atoms with van der Waals surface area (Å²) in [4.78, 5) is 37.0. The first-order valence-electron chi connectivity index (χ1n) is 7.85. The van der Waals surface area contributed by atoms with Crippen molar-refractivity contribution in [1.29, 1.82) is 0 Å². The SMILES string of the molecule is COc1cccc(C(=O)NCC(=O)N2CCC(C(=O)O)C(C)C2)c1. The maximum atomic E-state index is 12.2. The molecular formula is C17H22N2O5. The van der Waals surface area contributed by atoms with Crippen LogP contribution in [-0.2, 0) is 9.59 Å². The number of likely N-dealkylation sites (tertiary alicyclic amines) is 1. The molecule has 1 aliphatic heterocycles. The molecule has 7 heteroatoms. The van der Waals surface area contributed by atoms with Gasteiger partial charge in [-0.1, -0.05) is 13.0 Å². The molecule has 1 heterocycles. The topological polar surface area (TPSA) is 95.9 Å². The van der Waals surface area contributed by atoms with Gasteiger partial charge in [0.25, 0.3) is 5.91 Å². The number of amides is 2. The Kier molecular flexibility index (Phi) is 5.78. The number of aliphatic carboxylic acids is 1. The lowest BCUT2D eigenvalue weighted by atomic mass is 9.87. The van der Waals surface area contributed by atoms with Crippen LogP contribution in [-0.4, -0.2) is 54.5 Å². The second kappa shape index (κ2) is 7.81. The van der Waals surface area contributed by atoms with E-state index in [2.05, 4.69) is 5.32 Å². The number of piperidine rings is 1. The molecule has 2 unspecified atom stereocenters. The minimum absolute atomic E-state index is 0.103. The van der Waals surface area contributed by atoms with Gasteiger partial charge in [0.1, 0.15) is 5.75 Å². The van der Waals surface area contributed by atoms with Gasteiger partial charge in [-0.25, -0.2) is 0 Å². The number of carboxylic acid groups (broad SMARTS) is 1. The molecule has 2 atom stereocenters. The minimum Gasteiger partial charge on any atom is -0.497 e. The van der Waals surface area contributed by atoms with Crippen molar-refractivity contribution in [2.24, 2.45) is 11.8 Å². The molecule has 0 saturated carbocycles. The van der Waals surface area contributed by atoms with E-state index in [1.165, 1.54) is 7.11 Å². The summed E-state index contributed by atoms with van der Waals surface area (Å²) < 4.78 is 5.06. The molecule has 2 amide bonds. The smallest absolute Gasteiger partial charge is 0.306 e. The molecule has 2 rings (SSSR count). The molecule has 0 aliphatic carbocycles. The predicted molar refractivity (Wildman–Crippen MR) is 86.8 cm³/mol. The Balaban J connectivity index is 1.87. The first-order valence-corrected chi connectivity index (χ1v) is 7.85. The van der Waals surface area contributed by atoms with Crippen molar-refractivity contribution in [2.75, 3.05) is 26.7 Å². The van der Waals surface area contributed by atoms with Gasteiger partial charge in [-0.3, -0.25) is 14.4 Å². The average Bonchev–Trinajstić information content (AvgIpc) is 2.58. The van der Waals surface area contributed by atoms with Gasteiger partial charge in [0.15, 0.2) is 0 Å². The van der Waals surface area contributed by atoms with Crippen molar-refractivity contribution in [3.63, 3.8) is 0 Å². The highest BCUT2D eigenvalue weighted by molar-refractivity contribution is 5.96. The van der Waals surface area contributed by atoms with Crippen LogP contribution < -0.4 is 10.1 Å². The number of carbonyl (C=O) groups excluding carboxylic acids is 2. The third kappa shape index (κ3) is 4.24. The lowest BCUT2D eigenvalue weighted by molar-refractivity contribution is -0.148. The van der Waals surface area contributed by atoms with Gasteiger partial charge in [0.2, 0.25) is 5.91 Å². The van der Waals surface area contributed by atoms with Crippen molar-refractivity contribution in [3.05, 3.63) is 29.8 Å². The number of methoxy groups -OCH3 is 1. The number of carboxylic acids is 1. The van der Waals surface area contributed by atoms with E-state index in [1.807, 2.05) is 6.92 Å². The van der Waals surface area contributed by atoms with E-state index in [4.69, 9.17) is 9.84 Å². The third-order valence-corrected chi connectivity index (χ3v) is 4.31. The number of benzene rings is 1. The lowest BCUT2D eigenvalue weighted by Crippen LogP contribution is -2.48. The average molecular weight is 334 g/mol. The van der Waals surface area contributed by atoms with Crippen LogP contribution in [0.25, 0.3) is 0 Å². The number of rotatable bonds is 5. The molecule has 1 aromatic carbocycles. The molecule has 1 aromatic rings. The Bertz CT molecular complexity index is 631. The Labute approximate surface area is 140 Å². The predicted octanol–water partition coefficient (Wildman–Crippen LogP) is 0.994. The first-order chi connectivity index (χ1) is 11.4. The highest BCUT2D eigenvalue weighted by atomic mass is 16.5. The highest BCUT2D eigenvalue weighted by Crippen LogP contribution is 2.23. The summed E-state index contributed by atoms with van der Waals surface area (Å²) in [6, 6.07) is 6.67. The Morgan fingerprint density at radius 2 is 2.12 bits per heavy atom. The van der Waals surface area contributed by atoms with Crippen LogP contribution >= 0.6 is 0 Å². The quantitative estimate of drug-likeness (QED) is 0.837. The molecule has 130 valence electrons. The molecule has 0 aromatic heterocycles. The molecule has 1 saturated heterocycles. The van der Waals surface area contributed by atoms with E-state index in [0.717, 1.165) is 0 Å². The standard InChI is InChI=1S/C17H22N2O5/c1-11-10-19(7-6-14(11)17(22)23)15(20)9-18-16(21)12-4-3-5-13(8-12)24-2/h3-5,8,11,14H,6-7,9-10H2,1-2H3,(H,18,21)(H,22,23). The van der Waals surface area contributed by atoms with E-state index >= 15 is 0 Å². The monoisotopic (exact) mass is 334 g/mol. The number of nitrogens with zero attached hydrogens (tertiary/aromatic N) is 1. The number of carbonyl (C=O) groups is 3. The minimum atomic E-state index is -0.819.